The fourth-order valence-corrected chi connectivity index (χ4v) is 3.00. The van der Waals surface area contributed by atoms with Gasteiger partial charge < -0.3 is 4.74 Å². The number of hydrogen-bond acceptors (Lipinski definition) is 1. The van der Waals surface area contributed by atoms with E-state index in [4.69, 9.17) is 0 Å². The maximum Gasteiger partial charge on any atom is 0.432 e. The molecule has 0 saturated carbocycles. The van der Waals surface area contributed by atoms with Gasteiger partial charge in [-0.3, -0.25) is 0 Å². The van der Waals surface area contributed by atoms with Crippen molar-refractivity contribution in [2.45, 2.75) is 25.9 Å². The summed E-state index contributed by atoms with van der Waals surface area (Å²) < 4.78 is 116. The van der Waals surface area contributed by atoms with E-state index in [1.54, 1.807) is 12.1 Å². The Labute approximate surface area is 171 Å². The second kappa shape index (κ2) is 8.56. The van der Waals surface area contributed by atoms with Crippen LogP contribution in [-0.4, -0.2) is 0 Å². The first-order valence-electron chi connectivity index (χ1n) is 9.03. The monoisotopic (exact) mass is 446 g/mol. The van der Waals surface area contributed by atoms with Crippen LogP contribution in [-0.2, 0) is 12.5 Å². The van der Waals surface area contributed by atoms with Crippen LogP contribution in [0.4, 0.5) is 35.1 Å². The summed E-state index contributed by atoms with van der Waals surface area (Å²) in [4.78, 5) is 0. The standard InChI is InChI=1S/C22H14F8O/c1-2-3-11-4-6-12(7-5-11)14-10-15(23)18(21(28)19(14)26)22(29,30)31-13-8-16(24)20(27)17(25)9-13/h4-10H,2-3H2,1H3. The highest BCUT2D eigenvalue weighted by Crippen LogP contribution is 2.39. The Morgan fingerprint density at radius 3 is 1.87 bits per heavy atom. The van der Waals surface area contributed by atoms with E-state index >= 15 is 0 Å². The number of halogens is 8. The summed E-state index contributed by atoms with van der Waals surface area (Å²) in [6.45, 7) is 1.94. The van der Waals surface area contributed by atoms with Crippen LogP contribution in [0.2, 0.25) is 0 Å². The number of ether oxygens (including phenoxy) is 1. The quantitative estimate of drug-likeness (QED) is 0.220. The lowest BCUT2D eigenvalue weighted by Crippen LogP contribution is -2.26. The lowest BCUT2D eigenvalue weighted by Gasteiger charge is -2.20. The third-order valence-corrected chi connectivity index (χ3v) is 4.46. The molecule has 3 aromatic rings. The van der Waals surface area contributed by atoms with Crippen molar-refractivity contribution in [3.05, 3.63) is 88.5 Å². The predicted octanol–water partition coefficient (Wildman–Crippen LogP) is 7.27. The van der Waals surface area contributed by atoms with Crippen LogP contribution in [0.25, 0.3) is 11.1 Å². The average Bonchev–Trinajstić information content (AvgIpc) is 2.69. The fourth-order valence-electron chi connectivity index (χ4n) is 3.00. The molecule has 0 unspecified atom stereocenters. The van der Waals surface area contributed by atoms with Crippen molar-refractivity contribution in [2.24, 2.45) is 0 Å². The lowest BCUT2D eigenvalue weighted by atomic mass is 9.99. The number of aryl methyl sites for hydroxylation is 1. The summed E-state index contributed by atoms with van der Waals surface area (Å²) in [6, 6.07) is 6.48. The van der Waals surface area contributed by atoms with Crippen molar-refractivity contribution < 1.29 is 39.9 Å². The summed E-state index contributed by atoms with van der Waals surface area (Å²) >= 11 is 0. The summed E-state index contributed by atoms with van der Waals surface area (Å²) in [6.07, 6.45) is -3.31. The summed E-state index contributed by atoms with van der Waals surface area (Å²) in [7, 11) is 0. The molecule has 3 aromatic carbocycles. The molecule has 0 aliphatic rings. The zero-order valence-electron chi connectivity index (χ0n) is 15.9. The molecular formula is C22H14F8O. The van der Waals surface area contributed by atoms with Crippen LogP contribution in [0, 0.1) is 34.9 Å². The SMILES string of the molecule is CCCc1ccc(-c2cc(F)c(C(F)(F)Oc3cc(F)c(F)c(F)c3)c(F)c2F)cc1. The smallest absolute Gasteiger partial charge is 0.429 e. The molecule has 164 valence electrons. The van der Waals surface area contributed by atoms with Gasteiger partial charge in [0.25, 0.3) is 0 Å². The minimum Gasteiger partial charge on any atom is -0.429 e. The van der Waals surface area contributed by atoms with Crippen LogP contribution in [0.15, 0.2) is 42.5 Å². The molecule has 0 spiro atoms. The average molecular weight is 446 g/mol. The second-order valence-electron chi connectivity index (χ2n) is 6.68. The highest BCUT2D eigenvalue weighted by atomic mass is 19.3. The molecule has 0 bridgehead atoms. The van der Waals surface area contributed by atoms with Crippen molar-refractivity contribution in [2.75, 3.05) is 0 Å². The number of alkyl halides is 2. The number of hydrogen-bond donors (Lipinski definition) is 0. The van der Waals surface area contributed by atoms with Gasteiger partial charge in [-0.05, 0) is 23.6 Å². The van der Waals surface area contributed by atoms with Crippen molar-refractivity contribution in [1.29, 1.82) is 0 Å². The van der Waals surface area contributed by atoms with E-state index in [0.29, 0.717) is 6.07 Å². The topological polar surface area (TPSA) is 9.23 Å². The van der Waals surface area contributed by atoms with Crippen molar-refractivity contribution >= 4 is 0 Å². The summed E-state index contributed by atoms with van der Waals surface area (Å²) in [5, 5.41) is 0. The molecule has 0 fully saturated rings. The number of rotatable bonds is 6. The van der Waals surface area contributed by atoms with E-state index in [2.05, 4.69) is 4.74 Å². The van der Waals surface area contributed by atoms with E-state index < -0.39 is 57.9 Å². The Morgan fingerprint density at radius 2 is 1.32 bits per heavy atom. The zero-order valence-corrected chi connectivity index (χ0v) is 15.9. The maximum atomic E-state index is 14.5. The van der Waals surface area contributed by atoms with Crippen LogP contribution < -0.4 is 4.74 Å². The predicted molar refractivity (Wildman–Crippen MR) is 96.6 cm³/mol. The van der Waals surface area contributed by atoms with E-state index in [-0.39, 0.29) is 17.7 Å². The van der Waals surface area contributed by atoms with Crippen LogP contribution in [0.5, 0.6) is 5.75 Å². The van der Waals surface area contributed by atoms with Gasteiger partial charge in [0, 0.05) is 17.7 Å². The molecule has 0 saturated heterocycles. The largest absolute Gasteiger partial charge is 0.432 e. The Hall–Kier alpha value is -3.10. The molecule has 0 aliphatic carbocycles. The van der Waals surface area contributed by atoms with Gasteiger partial charge in [-0.2, -0.15) is 8.78 Å². The Morgan fingerprint density at radius 1 is 0.742 bits per heavy atom. The molecule has 0 atom stereocenters. The highest BCUT2D eigenvalue weighted by molar-refractivity contribution is 5.65. The van der Waals surface area contributed by atoms with Gasteiger partial charge in [0.15, 0.2) is 29.1 Å². The molecular weight excluding hydrogens is 432 g/mol. The van der Waals surface area contributed by atoms with Gasteiger partial charge in [0.1, 0.15) is 17.1 Å². The molecule has 31 heavy (non-hydrogen) atoms. The molecule has 9 heteroatoms. The molecule has 3 rings (SSSR count). The van der Waals surface area contributed by atoms with E-state index in [0.717, 1.165) is 18.4 Å². The Kier molecular flexibility index (Phi) is 6.24. The van der Waals surface area contributed by atoms with Gasteiger partial charge in [-0.25, -0.2) is 26.3 Å². The molecule has 1 nitrogen and oxygen atoms in total. The van der Waals surface area contributed by atoms with Gasteiger partial charge >= 0.3 is 6.11 Å². The van der Waals surface area contributed by atoms with Gasteiger partial charge in [-0.15, -0.1) is 0 Å². The van der Waals surface area contributed by atoms with Crippen molar-refractivity contribution in [1.82, 2.24) is 0 Å². The summed E-state index contributed by atoms with van der Waals surface area (Å²) in [5.74, 6) is -12.8. The first-order valence-corrected chi connectivity index (χ1v) is 9.03. The molecule has 0 radical (unpaired) electrons. The van der Waals surface area contributed by atoms with E-state index in [9.17, 15) is 35.1 Å². The van der Waals surface area contributed by atoms with Crippen LogP contribution >= 0.6 is 0 Å². The first kappa shape index (κ1) is 22.6. The van der Waals surface area contributed by atoms with Crippen LogP contribution in [0.1, 0.15) is 24.5 Å². The lowest BCUT2D eigenvalue weighted by molar-refractivity contribution is -0.190. The minimum absolute atomic E-state index is 0.0496. The van der Waals surface area contributed by atoms with Crippen LogP contribution in [0.3, 0.4) is 0 Å². The summed E-state index contributed by atoms with van der Waals surface area (Å²) in [5.41, 5.74) is -1.76. The van der Waals surface area contributed by atoms with Gasteiger partial charge in [-0.1, -0.05) is 37.6 Å². The minimum atomic E-state index is -4.87. The normalized spacial score (nSPS) is 11.6. The van der Waals surface area contributed by atoms with Gasteiger partial charge in [0.05, 0.1) is 0 Å². The van der Waals surface area contributed by atoms with Crippen molar-refractivity contribution in [3.63, 3.8) is 0 Å². The molecule has 0 heterocycles. The van der Waals surface area contributed by atoms with Crippen molar-refractivity contribution in [3.8, 4) is 16.9 Å². The molecule has 0 aliphatic heterocycles. The third kappa shape index (κ3) is 4.50. The zero-order chi connectivity index (χ0) is 22.9. The first-order chi connectivity index (χ1) is 14.5. The number of benzene rings is 3. The van der Waals surface area contributed by atoms with Gasteiger partial charge in [0.2, 0.25) is 0 Å². The fraction of sp³-hybridized carbons (Fsp3) is 0.182. The molecule has 0 amide bonds. The van der Waals surface area contributed by atoms with E-state index in [1.807, 2.05) is 6.92 Å². The van der Waals surface area contributed by atoms with E-state index in [1.165, 1.54) is 12.1 Å². The highest BCUT2D eigenvalue weighted by Gasteiger charge is 2.43. The molecule has 0 N–H and O–H groups in total. The second-order valence-corrected chi connectivity index (χ2v) is 6.68. The Bertz CT molecular complexity index is 1090. The maximum absolute atomic E-state index is 14.5. The molecule has 0 aromatic heterocycles. The Balaban J connectivity index is 2.01. The third-order valence-electron chi connectivity index (χ3n) is 4.46.